The lowest BCUT2D eigenvalue weighted by Gasteiger charge is -2.06. The van der Waals surface area contributed by atoms with Gasteiger partial charge in [0.05, 0.1) is 13.7 Å². The Morgan fingerprint density at radius 2 is 1.88 bits per heavy atom. The van der Waals surface area contributed by atoms with E-state index in [1.54, 1.807) is 24.3 Å². The number of nitrogens with one attached hydrogen (secondary N) is 1. The van der Waals surface area contributed by atoms with E-state index in [2.05, 4.69) is 10.1 Å². The van der Waals surface area contributed by atoms with Crippen molar-refractivity contribution in [2.45, 2.75) is 13.3 Å². The molecule has 0 spiro atoms. The number of amides is 1. The van der Waals surface area contributed by atoms with Crippen LogP contribution in [0.1, 0.15) is 13.3 Å². The number of carbonyl (C=O) groups is 2. The van der Waals surface area contributed by atoms with E-state index in [1.807, 2.05) is 6.92 Å². The minimum absolute atomic E-state index is 0.288. The van der Waals surface area contributed by atoms with Gasteiger partial charge in [0.2, 0.25) is 5.91 Å². The van der Waals surface area contributed by atoms with Crippen molar-refractivity contribution in [3.8, 4) is 5.75 Å². The van der Waals surface area contributed by atoms with Gasteiger partial charge < -0.3 is 14.8 Å². The van der Waals surface area contributed by atoms with Crippen molar-refractivity contribution in [2.24, 2.45) is 0 Å². The Morgan fingerprint density at radius 3 is 2.41 bits per heavy atom. The third-order valence-corrected chi connectivity index (χ3v) is 1.98. The van der Waals surface area contributed by atoms with Crippen LogP contribution >= 0.6 is 0 Å². The molecule has 0 radical (unpaired) electrons. The average Bonchev–Trinajstić information content (AvgIpc) is 2.31. The molecule has 1 N–H and O–H groups in total. The molecule has 0 atom stereocenters. The van der Waals surface area contributed by atoms with Crippen LogP contribution in [0.2, 0.25) is 0 Å². The van der Waals surface area contributed by atoms with Gasteiger partial charge in [-0.3, -0.25) is 9.59 Å². The van der Waals surface area contributed by atoms with E-state index in [1.165, 1.54) is 7.11 Å². The molecular weight excluding hydrogens is 222 g/mol. The first kappa shape index (κ1) is 13.0. The number of carbonyl (C=O) groups excluding carboxylic acids is 2. The lowest BCUT2D eigenvalue weighted by Crippen LogP contribution is -2.17. The monoisotopic (exact) mass is 237 g/mol. The maximum Gasteiger partial charge on any atom is 0.315 e. The van der Waals surface area contributed by atoms with Gasteiger partial charge in [-0.15, -0.1) is 0 Å². The third kappa shape index (κ3) is 4.55. The molecule has 92 valence electrons. The van der Waals surface area contributed by atoms with Gasteiger partial charge in [-0.25, -0.2) is 0 Å². The van der Waals surface area contributed by atoms with Crippen molar-refractivity contribution in [1.82, 2.24) is 0 Å². The minimum atomic E-state index is -0.562. The molecule has 1 aromatic rings. The van der Waals surface area contributed by atoms with Crippen LogP contribution in [0.5, 0.6) is 5.75 Å². The quantitative estimate of drug-likeness (QED) is 0.624. The zero-order valence-corrected chi connectivity index (χ0v) is 9.86. The number of benzene rings is 1. The van der Waals surface area contributed by atoms with Gasteiger partial charge in [-0.2, -0.15) is 0 Å². The molecule has 0 aliphatic heterocycles. The maximum atomic E-state index is 11.3. The standard InChI is InChI=1S/C12H15NO4/c1-3-17-10-6-4-9(5-7-10)13-11(14)8-12(15)16-2/h4-7H,3,8H2,1-2H3,(H,13,14). The van der Waals surface area contributed by atoms with Gasteiger partial charge >= 0.3 is 5.97 Å². The van der Waals surface area contributed by atoms with E-state index in [0.29, 0.717) is 12.3 Å². The molecular formula is C12H15NO4. The first-order valence-electron chi connectivity index (χ1n) is 5.25. The highest BCUT2D eigenvalue weighted by atomic mass is 16.5. The molecule has 17 heavy (non-hydrogen) atoms. The summed E-state index contributed by atoms with van der Waals surface area (Å²) in [5.74, 6) is -0.229. The van der Waals surface area contributed by atoms with Crippen molar-refractivity contribution >= 4 is 17.6 Å². The fraction of sp³-hybridized carbons (Fsp3) is 0.333. The molecule has 0 saturated carbocycles. The van der Waals surface area contributed by atoms with Crippen molar-refractivity contribution in [1.29, 1.82) is 0 Å². The van der Waals surface area contributed by atoms with Crippen molar-refractivity contribution < 1.29 is 19.1 Å². The smallest absolute Gasteiger partial charge is 0.315 e. The number of esters is 1. The Labute approximate surface area is 99.7 Å². The molecule has 0 bridgehead atoms. The van der Waals surface area contributed by atoms with Gasteiger partial charge in [0.1, 0.15) is 12.2 Å². The normalized spacial score (nSPS) is 9.53. The van der Waals surface area contributed by atoms with E-state index in [9.17, 15) is 9.59 Å². The molecule has 5 heteroatoms. The SMILES string of the molecule is CCOc1ccc(NC(=O)CC(=O)OC)cc1. The summed E-state index contributed by atoms with van der Waals surface area (Å²) in [5.41, 5.74) is 0.613. The summed E-state index contributed by atoms with van der Waals surface area (Å²) >= 11 is 0. The number of methoxy groups -OCH3 is 1. The van der Waals surface area contributed by atoms with Crippen molar-refractivity contribution in [2.75, 3.05) is 19.0 Å². The molecule has 0 aliphatic rings. The fourth-order valence-corrected chi connectivity index (χ4v) is 1.21. The van der Waals surface area contributed by atoms with Gasteiger partial charge in [0.15, 0.2) is 0 Å². The fourth-order valence-electron chi connectivity index (χ4n) is 1.21. The zero-order valence-electron chi connectivity index (χ0n) is 9.86. The van der Waals surface area contributed by atoms with Crippen LogP contribution in [0.15, 0.2) is 24.3 Å². The highest BCUT2D eigenvalue weighted by Gasteiger charge is 2.09. The Bertz CT molecular complexity index is 386. The summed E-state index contributed by atoms with van der Waals surface area (Å²) in [6, 6.07) is 6.91. The van der Waals surface area contributed by atoms with Gasteiger partial charge in [-0.1, -0.05) is 0 Å². The molecule has 5 nitrogen and oxygen atoms in total. The molecule has 0 unspecified atom stereocenters. The largest absolute Gasteiger partial charge is 0.494 e. The molecule has 0 aliphatic carbocycles. The highest BCUT2D eigenvalue weighted by molar-refractivity contribution is 6.01. The second-order valence-electron chi connectivity index (χ2n) is 3.26. The second kappa shape index (κ2) is 6.52. The van der Waals surface area contributed by atoms with Crippen molar-refractivity contribution in [3.63, 3.8) is 0 Å². The summed E-state index contributed by atoms with van der Waals surface area (Å²) in [6.45, 7) is 2.49. The Morgan fingerprint density at radius 1 is 1.24 bits per heavy atom. The van der Waals surface area contributed by atoms with Gasteiger partial charge in [0.25, 0.3) is 0 Å². The predicted molar refractivity (Wildman–Crippen MR) is 62.9 cm³/mol. The van der Waals surface area contributed by atoms with Crippen LogP contribution in [0.3, 0.4) is 0 Å². The molecule has 0 fully saturated rings. The summed E-state index contributed by atoms with van der Waals surface area (Å²) in [6.07, 6.45) is -0.288. The van der Waals surface area contributed by atoms with E-state index in [0.717, 1.165) is 5.75 Å². The number of anilines is 1. The topological polar surface area (TPSA) is 64.6 Å². The lowest BCUT2D eigenvalue weighted by atomic mass is 10.3. The predicted octanol–water partition coefficient (Wildman–Crippen LogP) is 1.59. The van der Waals surface area contributed by atoms with E-state index in [4.69, 9.17) is 4.74 Å². The molecule has 0 saturated heterocycles. The van der Waals surface area contributed by atoms with Crippen LogP contribution in [0, 0.1) is 0 Å². The molecule has 1 aromatic carbocycles. The molecule has 0 aromatic heterocycles. The number of rotatable bonds is 5. The van der Waals surface area contributed by atoms with Crippen LogP contribution in [-0.2, 0) is 14.3 Å². The Balaban J connectivity index is 2.51. The van der Waals surface area contributed by atoms with Crippen LogP contribution < -0.4 is 10.1 Å². The average molecular weight is 237 g/mol. The van der Waals surface area contributed by atoms with Gasteiger partial charge in [0, 0.05) is 5.69 Å². The number of ether oxygens (including phenoxy) is 2. The zero-order chi connectivity index (χ0) is 12.7. The van der Waals surface area contributed by atoms with Crippen molar-refractivity contribution in [3.05, 3.63) is 24.3 Å². The number of hydrogen-bond donors (Lipinski definition) is 1. The van der Waals surface area contributed by atoms with E-state index >= 15 is 0 Å². The molecule has 1 rings (SSSR count). The van der Waals surface area contributed by atoms with Crippen LogP contribution in [0.4, 0.5) is 5.69 Å². The van der Waals surface area contributed by atoms with E-state index < -0.39 is 11.9 Å². The lowest BCUT2D eigenvalue weighted by molar-refractivity contribution is -0.142. The minimum Gasteiger partial charge on any atom is -0.494 e. The summed E-state index contributed by atoms with van der Waals surface area (Å²) < 4.78 is 9.65. The van der Waals surface area contributed by atoms with Crippen LogP contribution in [-0.4, -0.2) is 25.6 Å². The van der Waals surface area contributed by atoms with Crippen LogP contribution in [0.25, 0.3) is 0 Å². The third-order valence-electron chi connectivity index (χ3n) is 1.98. The molecule has 0 heterocycles. The summed E-state index contributed by atoms with van der Waals surface area (Å²) in [4.78, 5) is 22.2. The van der Waals surface area contributed by atoms with Gasteiger partial charge in [-0.05, 0) is 31.2 Å². The number of hydrogen-bond acceptors (Lipinski definition) is 4. The first-order valence-corrected chi connectivity index (χ1v) is 5.25. The maximum absolute atomic E-state index is 11.3. The Kier molecular flexibility index (Phi) is 5.00. The first-order chi connectivity index (χ1) is 8.15. The summed E-state index contributed by atoms with van der Waals surface area (Å²) in [5, 5.41) is 2.58. The summed E-state index contributed by atoms with van der Waals surface area (Å²) in [7, 11) is 1.24. The molecule has 1 amide bonds. The highest BCUT2D eigenvalue weighted by Crippen LogP contribution is 2.15. The van der Waals surface area contributed by atoms with E-state index in [-0.39, 0.29) is 6.42 Å². The second-order valence-corrected chi connectivity index (χ2v) is 3.26. The Hall–Kier alpha value is -2.04.